The molecular weight excluding hydrogens is 691 g/mol. The molecule has 2 atom stereocenters. The van der Waals surface area contributed by atoms with E-state index in [0.717, 1.165) is 57.8 Å². The minimum absolute atomic E-state index is 0.0284. The molecule has 0 aliphatic carbocycles. The molecule has 0 saturated heterocycles. The highest BCUT2D eigenvalue weighted by atomic mass is 16.6. The molecule has 8 heteroatoms. The number of likely N-dealkylation sites (N-methyl/N-ethyl adjacent to an activating group) is 1. The number of esters is 2. The zero-order valence-electron chi connectivity index (χ0n) is 35.6. The van der Waals surface area contributed by atoms with Crippen LogP contribution in [-0.2, 0) is 28.6 Å². The van der Waals surface area contributed by atoms with Gasteiger partial charge in [0.25, 0.3) is 0 Å². The first kappa shape index (κ1) is 51.8. The van der Waals surface area contributed by atoms with Crippen molar-refractivity contribution in [3.63, 3.8) is 0 Å². The number of carbonyl (C=O) groups is 3. The van der Waals surface area contributed by atoms with Gasteiger partial charge in [-0.3, -0.25) is 9.59 Å². The van der Waals surface area contributed by atoms with Crippen LogP contribution in [0.5, 0.6) is 0 Å². The second-order valence-electron chi connectivity index (χ2n) is 15.2. The van der Waals surface area contributed by atoms with E-state index in [9.17, 15) is 19.5 Å². The van der Waals surface area contributed by atoms with E-state index >= 15 is 0 Å². The minimum atomic E-state index is -0.889. The van der Waals surface area contributed by atoms with Gasteiger partial charge in [0.2, 0.25) is 0 Å². The van der Waals surface area contributed by atoms with Crippen molar-refractivity contribution in [3.05, 3.63) is 72.9 Å². The number of carbonyl (C=O) groups excluding carboxylic acids is 2. The molecule has 2 unspecified atom stereocenters. The lowest BCUT2D eigenvalue weighted by molar-refractivity contribution is -0.887. The van der Waals surface area contributed by atoms with Gasteiger partial charge in [0.1, 0.15) is 6.61 Å². The summed E-state index contributed by atoms with van der Waals surface area (Å²) in [6, 6.07) is -0.629. The monoisotopic (exact) mass is 771 g/mol. The zero-order valence-corrected chi connectivity index (χ0v) is 35.6. The highest BCUT2D eigenvalue weighted by molar-refractivity contribution is 5.72. The zero-order chi connectivity index (χ0) is 40.7. The second kappa shape index (κ2) is 37.7. The molecule has 0 spiro atoms. The van der Waals surface area contributed by atoms with Gasteiger partial charge in [-0.15, -0.1) is 0 Å². The first-order chi connectivity index (χ1) is 26.6. The molecule has 314 valence electrons. The van der Waals surface area contributed by atoms with Crippen LogP contribution < -0.4 is 0 Å². The first-order valence-corrected chi connectivity index (χ1v) is 21.5. The first-order valence-electron chi connectivity index (χ1n) is 21.5. The van der Waals surface area contributed by atoms with E-state index in [1.165, 1.54) is 64.2 Å². The molecule has 0 aliphatic heterocycles. The fraction of sp³-hybridized carbons (Fsp3) is 0.681. The molecule has 0 aromatic rings. The summed E-state index contributed by atoms with van der Waals surface area (Å²) < 4.78 is 17.1. The molecule has 0 rings (SSSR count). The topological polar surface area (TPSA) is 99.1 Å². The number of nitrogens with zero attached hydrogens (tertiary/aromatic N) is 1. The number of unbranched alkanes of at least 4 members (excludes halogenated alkanes) is 12. The smallest absolute Gasteiger partial charge is 0.362 e. The third-order valence-corrected chi connectivity index (χ3v) is 9.12. The van der Waals surface area contributed by atoms with Crippen molar-refractivity contribution < 1.29 is 38.2 Å². The highest BCUT2D eigenvalue weighted by Crippen LogP contribution is 2.13. The van der Waals surface area contributed by atoms with Crippen molar-refractivity contribution >= 4 is 17.9 Å². The van der Waals surface area contributed by atoms with Gasteiger partial charge in [-0.05, 0) is 64.2 Å². The lowest BCUT2D eigenvalue weighted by atomic mass is 10.1. The average Bonchev–Trinajstić information content (AvgIpc) is 3.14. The molecule has 55 heavy (non-hydrogen) atoms. The predicted octanol–water partition coefficient (Wildman–Crippen LogP) is 11.6. The van der Waals surface area contributed by atoms with E-state index in [1.54, 1.807) is 6.08 Å². The molecule has 0 aromatic heterocycles. The van der Waals surface area contributed by atoms with E-state index in [4.69, 9.17) is 14.2 Å². The Morgan fingerprint density at radius 3 is 1.60 bits per heavy atom. The highest BCUT2D eigenvalue weighted by Gasteiger charge is 2.31. The molecule has 0 saturated carbocycles. The minimum Gasteiger partial charge on any atom is -0.477 e. The molecule has 0 fully saturated rings. The maximum absolute atomic E-state index is 12.7. The Bertz CT molecular complexity index is 1130. The molecule has 0 amide bonds. The number of allylic oxidation sites excluding steroid dienone is 11. The maximum Gasteiger partial charge on any atom is 0.362 e. The molecular formula is C47H80NO7+. The van der Waals surface area contributed by atoms with Crippen molar-refractivity contribution in [2.75, 3.05) is 41.0 Å². The molecule has 0 aliphatic rings. The third kappa shape index (κ3) is 36.2. The van der Waals surface area contributed by atoms with Gasteiger partial charge in [0.15, 0.2) is 12.1 Å². The van der Waals surface area contributed by atoms with Gasteiger partial charge in [-0.25, -0.2) is 4.79 Å². The van der Waals surface area contributed by atoms with Crippen LogP contribution in [0.2, 0.25) is 0 Å². The Kier molecular flexibility index (Phi) is 35.5. The Labute approximate surface area is 336 Å². The number of ether oxygens (including phenoxy) is 3. The van der Waals surface area contributed by atoms with Gasteiger partial charge >= 0.3 is 17.9 Å². The average molecular weight is 771 g/mol. The summed E-state index contributed by atoms with van der Waals surface area (Å²) in [5.41, 5.74) is 0. The summed E-state index contributed by atoms with van der Waals surface area (Å²) in [7, 11) is 5.49. The van der Waals surface area contributed by atoms with E-state index in [0.29, 0.717) is 12.8 Å². The Morgan fingerprint density at radius 1 is 0.582 bits per heavy atom. The Morgan fingerprint density at radius 2 is 1.07 bits per heavy atom. The van der Waals surface area contributed by atoms with Gasteiger partial charge in [0.05, 0.1) is 40.8 Å². The summed E-state index contributed by atoms with van der Waals surface area (Å²) in [6.07, 6.45) is 47.0. The molecule has 0 heterocycles. The van der Waals surface area contributed by atoms with Crippen molar-refractivity contribution in [1.82, 2.24) is 0 Å². The Hall–Kier alpha value is -3.23. The van der Waals surface area contributed by atoms with Gasteiger partial charge in [-0.2, -0.15) is 0 Å². The van der Waals surface area contributed by atoms with E-state index < -0.39 is 24.1 Å². The van der Waals surface area contributed by atoms with Crippen LogP contribution in [0.1, 0.15) is 155 Å². The van der Waals surface area contributed by atoms with Crippen LogP contribution in [0.3, 0.4) is 0 Å². The third-order valence-electron chi connectivity index (χ3n) is 9.12. The number of carboxylic acids is 1. The molecule has 1 N–H and O–H groups in total. The molecule has 8 nitrogen and oxygen atoms in total. The number of rotatable bonds is 37. The SMILES string of the molecule is CC/C=C/C/C=C/C/C=C/CC(=O)OCC(COCCC(C(=O)O)[N+](C)(C)C)OC(=O)CCCCCCCCCCC/C=C/C/C=C/C/C=C/CCCCC. The lowest BCUT2D eigenvalue weighted by Gasteiger charge is -2.31. The number of aliphatic carboxylic acids is 1. The molecule has 0 radical (unpaired) electrons. The molecule has 0 bridgehead atoms. The largest absolute Gasteiger partial charge is 0.477 e. The van der Waals surface area contributed by atoms with Gasteiger partial charge < -0.3 is 23.8 Å². The fourth-order valence-corrected chi connectivity index (χ4v) is 5.80. The van der Waals surface area contributed by atoms with Crippen molar-refractivity contribution in [1.29, 1.82) is 0 Å². The van der Waals surface area contributed by atoms with Crippen molar-refractivity contribution in [2.24, 2.45) is 0 Å². The van der Waals surface area contributed by atoms with Crippen LogP contribution in [0.4, 0.5) is 0 Å². The number of carboxylic acid groups (broad SMARTS) is 1. The van der Waals surface area contributed by atoms with Crippen molar-refractivity contribution in [2.45, 2.75) is 167 Å². The summed E-state index contributed by atoms with van der Waals surface area (Å²) in [4.78, 5) is 36.8. The summed E-state index contributed by atoms with van der Waals surface area (Å²) >= 11 is 0. The van der Waals surface area contributed by atoms with E-state index in [-0.39, 0.29) is 36.7 Å². The normalized spacial score (nSPS) is 13.7. The summed E-state index contributed by atoms with van der Waals surface area (Å²) in [5.74, 6) is -1.63. The van der Waals surface area contributed by atoms with Crippen LogP contribution in [0.25, 0.3) is 0 Å². The van der Waals surface area contributed by atoms with E-state index in [1.807, 2.05) is 27.2 Å². The summed E-state index contributed by atoms with van der Waals surface area (Å²) in [5, 5.41) is 9.59. The number of hydrogen-bond donors (Lipinski definition) is 1. The number of quaternary nitrogens is 1. The lowest BCUT2D eigenvalue weighted by Crippen LogP contribution is -2.50. The van der Waals surface area contributed by atoms with Gasteiger partial charge in [0, 0.05) is 12.8 Å². The van der Waals surface area contributed by atoms with Crippen LogP contribution in [0.15, 0.2) is 72.9 Å². The van der Waals surface area contributed by atoms with Crippen LogP contribution in [0, 0.1) is 0 Å². The second-order valence-corrected chi connectivity index (χ2v) is 15.2. The summed E-state index contributed by atoms with van der Waals surface area (Å²) in [6.45, 7) is 4.45. The maximum atomic E-state index is 12.7. The number of hydrogen-bond acceptors (Lipinski definition) is 6. The van der Waals surface area contributed by atoms with E-state index in [2.05, 4.69) is 74.6 Å². The quantitative estimate of drug-likeness (QED) is 0.0291. The Balaban J connectivity index is 4.32. The molecule has 0 aromatic carbocycles. The van der Waals surface area contributed by atoms with Crippen LogP contribution in [-0.4, -0.2) is 80.6 Å². The predicted molar refractivity (Wildman–Crippen MR) is 229 cm³/mol. The fourth-order valence-electron chi connectivity index (χ4n) is 5.80. The standard InChI is InChI=1S/C47H79NO7/c1-6-8-10-12-14-16-17-18-19-20-21-22-23-24-25-26-27-28-30-32-34-36-38-46(50)55-43(41-53-40-39-44(47(51)52)48(3,4)5)42-54-45(49)37-35-33-31-29-15-13-11-9-7-2/h9,11,14-16,18-19,21-22,29,33,35,43-44H,6-8,10,12-13,17,20,23-28,30-32,34,36-42H2,1-5H3/p+1/b11-9+,16-14+,19-18+,22-21+,29-15+,35-33+. The van der Waals surface area contributed by atoms with Crippen LogP contribution >= 0.6 is 0 Å². The van der Waals surface area contributed by atoms with Crippen molar-refractivity contribution in [3.8, 4) is 0 Å². The van der Waals surface area contributed by atoms with Gasteiger partial charge in [-0.1, -0.05) is 145 Å².